The highest BCUT2D eigenvalue weighted by atomic mass is 35.5. The van der Waals surface area contributed by atoms with E-state index in [2.05, 4.69) is 60.5 Å². The lowest BCUT2D eigenvalue weighted by atomic mass is 9.86. The first-order chi connectivity index (χ1) is 18.6. The third-order valence-electron chi connectivity index (χ3n) is 7.58. The number of fused-ring (bicyclic) bond motifs is 1. The zero-order chi connectivity index (χ0) is 27.9. The van der Waals surface area contributed by atoms with E-state index in [1.54, 1.807) is 18.3 Å². The number of carbonyl (C=O) groups is 1. The van der Waals surface area contributed by atoms with Gasteiger partial charge in [-0.3, -0.25) is 9.78 Å². The minimum atomic E-state index is -0.477. The van der Waals surface area contributed by atoms with Crippen molar-refractivity contribution in [2.75, 3.05) is 23.8 Å². The predicted molar refractivity (Wildman–Crippen MR) is 159 cm³/mol. The second-order valence-electron chi connectivity index (χ2n) is 10.5. The van der Waals surface area contributed by atoms with Crippen molar-refractivity contribution in [1.29, 1.82) is 0 Å². The minimum absolute atomic E-state index is 0.111. The number of para-hydroxylation sites is 1. The summed E-state index contributed by atoms with van der Waals surface area (Å²) < 4.78 is 14.1. The van der Waals surface area contributed by atoms with E-state index in [0.29, 0.717) is 16.7 Å². The molecule has 0 spiro atoms. The summed E-state index contributed by atoms with van der Waals surface area (Å²) in [7, 11) is 2.07. The Kier molecular flexibility index (Phi) is 7.35. The number of anilines is 2. The van der Waals surface area contributed by atoms with Crippen LogP contribution in [0.15, 0.2) is 66.9 Å². The van der Waals surface area contributed by atoms with Crippen LogP contribution in [0.1, 0.15) is 56.1 Å². The highest BCUT2D eigenvalue weighted by molar-refractivity contribution is 7.80. The molecule has 1 fully saturated rings. The number of hydrogen-bond donors (Lipinski definition) is 2. The molecule has 5 rings (SSSR count). The number of thiocarbonyl (C=S) groups is 1. The first-order valence-electron chi connectivity index (χ1n) is 12.9. The SMILES string of the molecule is CC1=CC(C)(C)N(C)c2cc(Cl)c([C@@H]3[C@@H](c4ccccn4)NC(=S)N3CCC(=O)Nc3ccccc3F)cc21. The molecule has 2 N–H and O–H groups in total. The number of aromatic nitrogens is 1. The molecule has 0 aliphatic carbocycles. The molecule has 0 unspecified atom stereocenters. The van der Waals surface area contributed by atoms with Gasteiger partial charge in [0, 0.05) is 42.5 Å². The van der Waals surface area contributed by atoms with Gasteiger partial charge >= 0.3 is 0 Å². The van der Waals surface area contributed by atoms with E-state index in [9.17, 15) is 9.18 Å². The fraction of sp³-hybridized carbons (Fsp3) is 0.300. The van der Waals surface area contributed by atoms with E-state index in [1.807, 2.05) is 29.2 Å². The Labute approximate surface area is 238 Å². The van der Waals surface area contributed by atoms with E-state index in [4.69, 9.17) is 23.8 Å². The molecule has 202 valence electrons. The zero-order valence-electron chi connectivity index (χ0n) is 22.3. The molecule has 9 heteroatoms. The molecule has 0 saturated carbocycles. The Bertz CT molecular complexity index is 1460. The summed E-state index contributed by atoms with van der Waals surface area (Å²) in [5, 5.41) is 7.20. The number of nitrogens with one attached hydrogen (secondary N) is 2. The number of amides is 1. The Morgan fingerprint density at radius 3 is 2.67 bits per heavy atom. The average Bonchev–Trinajstić information content (AvgIpc) is 3.23. The molecule has 0 bridgehead atoms. The van der Waals surface area contributed by atoms with Crippen molar-refractivity contribution >= 4 is 51.8 Å². The van der Waals surface area contributed by atoms with Crippen LogP contribution in [-0.2, 0) is 4.79 Å². The van der Waals surface area contributed by atoms with E-state index in [0.717, 1.165) is 22.5 Å². The van der Waals surface area contributed by atoms with Crippen molar-refractivity contribution in [1.82, 2.24) is 15.2 Å². The van der Waals surface area contributed by atoms with E-state index in [1.165, 1.54) is 17.7 Å². The van der Waals surface area contributed by atoms with Gasteiger partial charge in [-0.2, -0.15) is 0 Å². The molecule has 3 heterocycles. The van der Waals surface area contributed by atoms with Crippen molar-refractivity contribution < 1.29 is 9.18 Å². The van der Waals surface area contributed by atoms with Crippen LogP contribution in [0.4, 0.5) is 15.8 Å². The number of hydrogen-bond acceptors (Lipinski definition) is 4. The van der Waals surface area contributed by atoms with Gasteiger partial charge in [0.25, 0.3) is 0 Å². The summed E-state index contributed by atoms with van der Waals surface area (Å²) in [6, 6.07) is 15.5. The van der Waals surface area contributed by atoms with Crippen LogP contribution in [0.5, 0.6) is 0 Å². The summed E-state index contributed by atoms with van der Waals surface area (Å²) in [6.45, 7) is 6.77. The normalized spacial score (nSPS) is 19.8. The molecule has 6 nitrogen and oxygen atoms in total. The first-order valence-corrected chi connectivity index (χ1v) is 13.6. The molecule has 2 aliphatic heterocycles. The molecular weight excluding hydrogens is 533 g/mol. The smallest absolute Gasteiger partial charge is 0.226 e. The maximum absolute atomic E-state index is 14.1. The Morgan fingerprint density at radius 2 is 1.95 bits per heavy atom. The van der Waals surface area contributed by atoms with Crippen LogP contribution in [-0.4, -0.2) is 40.0 Å². The van der Waals surface area contributed by atoms with Gasteiger partial charge in [-0.15, -0.1) is 0 Å². The van der Waals surface area contributed by atoms with Gasteiger partial charge in [-0.25, -0.2) is 4.39 Å². The summed E-state index contributed by atoms with van der Waals surface area (Å²) in [5.74, 6) is -0.781. The van der Waals surface area contributed by atoms with Crippen LogP contribution >= 0.6 is 23.8 Å². The lowest BCUT2D eigenvalue weighted by Gasteiger charge is -2.41. The van der Waals surface area contributed by atoms with Crippen LogP contribution in [0, 0.1) is 5.82 Å². The number of likely N-dealkylation sites (N-methyl/N-ethyl adjacent to an activating group) is 1. The highest BCUT2D eigenvalue weighted by Gasteiger charge is 2.41. The number of pyridine rings is 1. The summed E-state index contributed by atoms with van der Waals surface area (Å²) in [5.41, 5.74) is 5.06. The maximum atomic E-state index is 14.1. The largest absolute Gasteiger partial charge is 0.365 e. The maximum Gasteiger partial charge on any atom is 0.226 e. The summed E-state index contributed by atoms with van der Waals surface area (Å²) in [4.78, 5) is 21.6. The van der Waals surface area contributed by atoms with Crippen molar-refractivity contribution in [3.8, 4) is 0 Å². The molecule has 2 aromatic carbocycles. The lowest BCUT2D eigenvalue weighted by Crippen LogP contribution is -2.42. The molecule has 2 atom stereocenters. The van der Waals surface area contributed by atoms with Gasteiger partial charge in [0.1, 0.15) is 5.82 Å². The van der Waals surface area contributed by atoms with Crippen molar-refractivity contribution in [2.24, 2.45) is 0 Å². The first kappa shape index (κ1) is 27.1. The fourth-order valence-electron chi connectivity index (χ4n) is 5.40. The standard InChI is InChI=1S/C30H31ClFN5OS/c1-18-17-30(2,3)36(4)25-16-21(31)20(15-19(18)25)28-27(24-11-7-8-13-33-24)35-29(39)37(28)14-12-26(38)34-23-10-6-5-9-22(23)32/h5-11,13,15-17,27-28H,12,14H2,1-4H3,(H,34,38)(H,35,39)/t27-,28-/m1/s1. The van der Waals surface area contributed by atoms with E-state index in [-0.39, 0.29) is 35.6 Å². The van der Waals surface area contributed by atoms with Gasteiger partial charge < -0.3 is 20.4 Å². The molecule has 1 aromatic heterocycles. The number of nitrogens with zero attached hydrogens (tertiary/aromatic N) is 3. The minimum Gasteiger partial charge on any atom is -0.365 e. The highest BCUT2D eigenvalue weighted by Crippen LogP contribution is 2.46. The monoisotopic (exact) mass is 563 g/mol. The number of benzene rings is 2. The summed E-state index contributed by atoms with van der Waals surface area (Å²) in [6.07, 6.45) is 4.12. The number of rotatable bonds is 6. The van der Waals surface area contributed by atoms with Gasteiger partial charge in [-0.05, 0) is 80.5 Å². The van der Waals surface area contributed by atoms with E-state index < -0.39 is 5.82 Å². The van der Waals surface area contributed by atoms with Crippen molar-refractivity contribution in [3.63, 3.8) is 0 Å². The molecule has 3 aromatic rings. The van der Waals surface area contributed by atoms with Crippen LogP contribution in [0.25, 0.3) is 5.57 Å². The third kappa shape index (κ3) is 5.23. The Balaban J connectivity index is 1.50. The quantitative estimate of drug-likeness (QED) is 0.334. The number of halogens is 2. The molecule has 1 amide bonds. The van der Waals surface area contributed by atoms with Gasteiger partial charge in [-0.1, -0.05) is 35.9 Å². The fourth-order valence-corrected chi connectivity index (χ4v) is 6.00. The average molecular weight is 564 g/mol. The molecule has 2 aliphatic rings. The Hall–Kier alpha value is -3.49. The second-order valence-corrected chi connectivity index (χ2v) is 11.3. The lowest BCUT2D eigenvalue weighted by molar-refractivity contribution is -0.116. The topological polar surface area (TPSA) is 60.5 Å². The van der Waals surface area contributed by atoms with Crippen molar-refractivity contribution in [3.05, 3.63) is 94.5 Å². The van der Waals surface area contributed by atoms with Crippen LogP contribution < -0.4 is 15.5 Å². The van der Waals surface area contributed by atoms with Gasteiger partial charge in [0.15, 0.2) is 5.11 Å². The van der Waals surface area contributed by atoms with Crippen LogP contribution in [0.2, 0.25) is 5.02 Å². The van der Waals surface area contributed by atoms with Crippen molar-refractivity contribution in [2.45, 2.75) is 44.8 Å². The molecule has 0 radical (unpaired) electrons. The Morgan fingerprint density at radius 1 is 1.21 bits per heavy atom. The zero-order valence-corrected chi connectivity index (χ0v) is 23.9. The molecular formula is C30H31ClFN5OS. The molecule has 39 heavy (non-hydrogen) atoms. The second kappa shape index (κ2) is 10.6. The van der Waals surface area contributed by atoms with Gasteiger partial charge in [0.2, 0.25) is 5.91 Å². The van der Waals surface area contributed by atoms with Crippen LogP contribution in [0.3, 0.4) is 0 Å². The summed E-state index contributed by atoms with van der Waals surface area (Å²) >= 11 is 12.8. The number of carbonyl (C=O) groups excluding carboxylic acids is 1. The van der Waals surface area contributed by atoms with E-state index >= 15 is 0 Å². The number of allylic oxidation sites excluding steroid dienone is 1. The molecule has 1 saturated heterocycles. The van der Waals surface area contributed by atoms with Gasteiger partial charge in [0.05, 0.1) is 29.0 Å². The third-order valence-corrected chi connectivity index (χ3v) is 8.26. The predicted octanol–water partition coefficient (Wildman–Crippen LogP) is 6.51.